The molecular weight excluding hydrogens is 220 g/mol. The summed E-state index contributed by atoms with van der Waals surface area (Å²) in [6.45, 7) is 1.52. The number of piperazine rings is 1. The van der Waals surface area contributed by atoms with Crippen molar-refractivity contribution in [2.45, 2.75) is 13.0 Å². The highest BCUT2D eigenvalue weighted by Crippen LogP contribution is 2.11. The molecule has 0 bridgehead atoms. The minimum atomic E-state index is -0.625. The number of hydrogen-bond acceptors (Lipinski definition) is 3. The Bertz CT molecular complexity index is 470. The summed E-state index contributed by atoms with van der Waals surface area (Å²) in [6.07, 6.45) is 0. The van der Waals surface area contributed by atoms with Crippen molar-refractivity contribution >= 4 is 17.7 Å². The Balaban J connectivity index is 2.24. The molecule has 1 unspecified atom stereocenters. The highest BCUT2D eigenvalue weighted by molar-refractivity contribution is 6.07. The van der Waals surface area contributed by atoms with Gasteiger partial charge in [-0.3, -0.25) is 19.7 Å². The van der Waals surface area contributed by atoms with E-state index in [-0.39, 0.29) is 12.5 Å². The van der Waals surface area contributed by atoms with Crippen LogP contribution < -0.4 is 5.32 Å². The van der Waals surface area contributed by atoms with Crippen LogP contribution in [-0.4, -0.2) is 35.2 Å². The number of amides is 3. The number of hydrogen-bond donors (Lipinski definition) is 1. The summed E-state index contributed by atoms with van der Waals surface area (Å²) >= 11 is 0. The molecule has 5 nitrogen and oxygen atoms in total. The van der Waals surface area contributed by atoms with Crippen LogP contribution in [0.3, 0.4) is 0 Å². The first-order valence-corrected chi connectivity index (χ1v) is 5.29. The quantitative estimate of drug-likeness (QED) is 0.702. The van der Waals surface area contributed by atoms with Gasteiger partial charge in [0.2, 0.25) is 11.8 Å². The third-order valence-corrected chi connectivity index (χ3v) is 2.71. The number of nitrogens with one attached hydrogen (secondary N) is 1. The summed E-state index contributed by atoms with van der Waals surface area (Å²) in [4.78, 5) is 36.0. The SMILES string of the molecule is CC1C(=O)NC(=O)CN1C(=O)c1ccccc1. The van der Waals surface area contributed by atoms with Crippen LogP contribution in [0.2, 0.25) is 0 Å². The topological polar surface area (TPSA) is 66.5 Å². The number of rotatable bonds is 1. The zero-order chi connectivity index (χ0) is 12.4. The van der Waals surface area contributed by atoms with Crippen molar-refractivity contribution in [3.8, 4) is 0 Å². The van der Waals surface area contributed by atoms with E-state index in [1.165, 1.54) is 4.90 Å². The van der Waals surface area contributed by atoms with E-state index in [2.05, 4.69) is 5.32 Å². The molecule has 1 aliphatic rings. The Morgan fingerprint density at radius 3 is 2.59 bits per heavy atom. The highest BCUT2D eigenvalue weighted by Gasteiger charge is 2.33. The molecule has 3 amide bonds. The second-order valence-corrected chi connectivity index (χ2v) is 3.89. The number of nitrogens with zero attached hydrogens (tertiary/aromatic N) is 1. The van der Waals surface area contributed by atoms with Crippen LogP contribution >= 0.6 is 0 Å². The fraction of sp³-hybridized carbons (Fsp3) is 0.250. The van der Waals surface area contributed by atoms with Gasteiger partial charge in [0.1, 0.15) is 12.6 Å². The van der Waals surface area contributed by atoms with Crippen LogP contribution in [0.5, 0.6) is 0 Å². The maximum atomic E-state index is 12.1. The fourth-order valence-corrected chi connectivity index (χ4v) is 1.71. The predicted molar refractivity (Wildman–Crippen MR) is 60.1 cm³/mol. The molecule has 0 aliphatic carbocycles. The molecule has 0 spiro atoms. The zero-order valence-corrected chi connectivity index (χ0v) is 9.34. The maximum Gasteiger partial charge on any atom is 0.254 e. The van der Waals surface area contributed by atoms with Crippen molar-refractivity contribution in [2.24, 2.45) is 0 Å². The molecule has 17 heavy (non-hydrogen) atoms. The molecule has 1 aromatic rings. The van der Waals surface area contributed by atoms with Gasteiger partial charge in [0, 0.05) is 5.56 Å². The van der Waals surface area contributed by atoms with E-state index in [4.69, 9.17) is 0 Å². The molecule has 0 aromatic heterocycles. The van der Waals surface area contributed by atoms with Gasteiger partial charge in [-0.05, 0) is 19.1 Å². The second-order valence-electron chi connectivity index (χ2n) is 3.89. The predicted octanol–water partition coefficient (Wildman–Crippen LogP) is 0.174. The average Bonchev–Trinajstić information content (AvgIpc) is 2.34. The zero-order valence-electron chi connectivity index (χ0n) is 9.34. The molecule has 1 aromatic carbocycles. The van der Waals surface area contributed by atoms with Crippen LogP contribution in [0.15, 0.2) is 30.3 Å². The summed E-state index contributed by atoms with van der Waals surface area (Å²) in [5.74, 6) is -1.19. The minimum Gasteiger partial charge on any atom is -0.318 e. The lowest BCUT2D eigenvalue weighted by atomic mass is 10.1. The van der Waals surface area contributed by atoms with Crippen molar-refractivity contribution in [2.75, 3.05) is 6.54 Å². The monoisotopic (exact) mass is 232 g/mol. The van der Waals surface area contributed by atoms with Gasteiger partial charge < -0.3 is 4.90 Å². The molecule has 88 valence electrons. The molecule has 1 fully saturated rings. The van der Waals surface area contributed by atoms with Gasteiger partial charge in [0.05, 0.1) is 0 Å². The normalized spacial score (nSPS) is 20.1. The van der Waals surface area contributed by atoms with Crippen LogP contribution in [0.25, 0.3) is 0 Å². The van der Waals surface area contributed by atoms with E-state index >= 15 is 0 Å². The lowest BCUT2D eigenvalue weighted by Crippen LogP contribution is -2.58. The molecule has 1 N–H and O–H groups in total. The van der Waals surface area contributed by atoms with E-state index in [0.29, 0.717) is 5.56 Å². The molecule has 0 radical (unpaired) electrons. The number of benzene rings is 1. The number of carbonyl (C=O) groups is 3. The summed E-state index contributed by atoms with van der Waals surface area (Å²) in [5.41, 5.74) is 0.474. The van der Waals surface area contributed by atoms with Gasteiger partial charge in [0.25, 0.3) is 5.91 Å². The molecule has 1 heterocycles. The van der Waals surface area contributed by atoms with Gasteiger partial charge >= 0.3 is 0 Å². The molecule has 1 saturated heterocycles. The van der Waals surface area contributed by atoms with Crippen LogP contribution in [0.4, 0.5) is 0 Å². The summed E-state index contributed by atoms with van der Waals surface area (Å²) in [6, 6.07) is 7.97. The van der Waals surface area contributed by atoms with Gasteiger partial charge in [0.15, 0.2) is 0 Å². The molecule has 0 saturated carbocycles. The van der Waals surface area contributed by atoms with Gasteiger partial charge in [-0.15, -0.1) is 0 Å². The standard InChI is InChI=1S/C12H12N2O3/c1-8-11(16)13-10(15)7-14(8)12(17)9-5-3-2-4-6-9/h2-6,8H,7H2,1H3,(H,13,15,16). The van der Waals surface area contributed by atoms with Gasteiger partial charge in [-0.25, -0.2) is 0 Å². The van der Waals surface area contributed by atoms with E-state index in [1.807, 2.05) is 0 Å². The largest absolute Gasteiger partial charge is 0.318 e. The van der Waals surface area contributed by atoms with Crippen molar-refractivity contribution in [3.63, 3.8) is 0 Å². The Hall–Kier alpha value is -2.17. The van der Waals surface area contributed by atoms with Crippen LogP contribution in [0, 0.1) is 0 Å². The van der Waals surface area contributed by atoms with E-state index in [0.717, 1.165) is 0 Å². The van der Waals surface area contributed by atoms with Crippen LogP contribution in [-0.2, 0) is 9.59 Å². The van der Waals surface area contributed by atoms with Crippen LogP contribution in [0.1, 0.15) is 17.3 Å². The number of imide groups is 1. The average molecular weight is 232 g/mol. The Morgan fingerprint density at radius 1 is 1.29 bits per heavy atom. The fourth-order valence-electron chi connectivity index (χ4n) is 1.71. The molecule has 5 heteroatoms. The molecule has 2 rings (SSSR count). The smallest absolute Gasteiger partial charge is 0.254 e. The molecular formula is C12H12N2O3. The number of carbonyl (C=O) groups excluding carboxylic acids is 3. The van der Waals surface area contributed by atoms with Crippen molar-refractivity contribution in [1.82, 2.24) is 10.2 Å². The van der Waals surface area contributed by atoms with Crippen molar-refractivity contribution < 1.29 is 14.4 Å². The minimum absolute atomic E-state index is 0.0827. The summed E-state index contributed by atoms with van der Waals surface area (Å²) in [5, 5.41) is 2.19. The third-order valence-electron chi connectivity index (χ3n) is 2.71. The first-order valence-electron chi connectivity index (χ1n) is 5.29. The molecule has 1 atom stereocenters. The summed E-state index contributed by atoms with van der Waals surface area (Å²) < 4.78 is 0. The Labute approximate surface area is 98.4 Å². The van der Waals surface area contributed by atoms with Crippen molar-refractivity contribution in [3.05, 3.63) is 35.9 Å². The maximum absolute atomic E-state index is 12.1. The third kappa shape index (κ3) is 2.18. The Morgan fingerprint density at radius 2 is 1.94 bits per heavy atom. The Kier molecular flexibility index (Phi) is 2.91. The lowest BCUT2D eigenvalue weighted by molar-refractivity contribution is -0.138. The van der Waals surface area contributed by atoms with Gasteiger partial charge in [-0.1, -0.05) is 18.2 Å². The van der Waals surface area contributed by atoms with E-state index in [9.17, 15) is 14.4 Å². The van der Waals surface area contributed by atoms with E-state index < -0.39 is 17.9 Å². The van der Waals surface area contributed by atoms with Crippen molar-refractivity contribution in [1.29, 1.82) is 0 Å². The summed E-state index contributed by atoms with van der Waals surface area (Å²) in [7, 11) is 0. The highest BCUT2D eigenvalue weighted by atomic mass is 16.2. The first-order chi connectivity index (χ1) is 8.09. The first kappa shape index (κ1) is 11.3. The second kappa shape index (κ2) is 4.37. The van der Waals surface area contributed by atoms with Gasteiger partial charge in [-0.2, -0.15) is 0 Å². The van der Waals surface area contributed by atoms with E-state index in [1.54, 1.807) is 37.3 Å². The molecule has 1 aliphatic heterocycles. The lowest BCUT2D eigenvalue weighted by Gasteiger charge is -2.31.